The Morgan fingerprint density at radius 1 is 1.71 bits per heavy atom. The molecular formula is C9H11NO2S2. The maximum absolute atomic E-state index is 10.5. The highest BCUT2D eigenvalue weighted by Crippen LogP contribution is 2.34. The summed E-state index contributed by atoms with van der Waals surface area (Å²) in [7, 11) is 0. The van der Waals surface area contributed by atoms with Gasteiger partial charge >= 0.3 is 5.97 Å². The molecule has 0 bridgehead atoms. The summed E-state index contributed by atoms with van der Waals surface area (Å²) in [5.74, 6) is 2.13. The molecule has 1 unspecified atom stereocenters. The lowest BCUT2D eigenvalue weighted by atomic mass is 10.1. The maximum atomic E-state index is 10.5. The monoisotopic (exact) mass is 229 g/mol. The van der Waals surface area contributed by atoms with E-state index in [9.17, 15) is 4.79 Å². The Morgan fingerprint density at radius 3 is 3.21 bits per heavy atom. The molecule has 1 N–H and O–H groups in total. The first-order chi connectivity index (χ1) is 6.75. The summed E-state index contributed by atoms with van der Waals surface area (Å²) in [6, 6.07) is 0. The number of thioether (sulfide) groups is 1. The van der Waals surface area contributed by atoms with Crippen molar-refractivity contribution < 1.29 is 9.90 Å². The predicted octanol–water partition coefficient (Wildman–Crippen LogP) is 1.99. The topological polar surface area (TPSA) is 50.2 Å². The standard InChI is InChI=1S/C9H11NO2S2/c11-8(12)3-7-4-10-9(14-7)6-1-2-13-5-6/h4,6H,1-3,5H2,(H,11,12). The van der Waals surface area contributed by atoms with Crippen LogP contribution in [0.3, 0.4) is 0 Å². The first-order valence-corrected chi connectivity index (χ1v) is 6.47. The third kappa shape index (κ3) is 2.27. The molecule has 1 atom stereocenters. The minimum Gasteiger partial charge on any atom is -0.481 e. The van der Waals surface area contributed by atoms with E-state index in [4.69, 9.17) is 5.11 Å². The molecule has 14 heavy (non-hydrogen) atoms. The molecule has 0 spiro atoms. The van der Waals surface area contributed by atoms with Crippen LogP contribution in [0.2, 0.25) is 0 Å². The lowest BCUT2D eigenvalue weighted by Crippen LogP contribution is -1.97. The van der Waals surface area contributed by atoms with Gasteiger partial charge in [-0.25, -0.2) is 4.98 Å². The molecule has 0 radical (unpaired) electrons. The van der Waals surface area contributed by atoms with Crippen molar-refractivity contribution in [3.63, 3.8) is 0 Å². The van der Waals surface area contributed by atoms with Gasteiger partial charge in [-0.3, -0.25) is 4.79 Å². The Balaban J connectivity index is 2.05. The van der Waals surface area contributed by atoms with Crippen molar-refractivity contribution in [1.29, 1.82) is 0 Å². The van der Waals surface area contributed by atoms with Crippen LogP contribution < -0.4 is 0 Å². The molecule has 1 aromatic rings. The van der Waals surface area contributed by atoms with E-state index in [1.165, 1.54) is 12.2 Å². The van der Waals surface area contributed by atoms with E-state index in [0.29, 0.717) is 5.92 Å². The second-order valence-electron chi connectivity index (χ2n) is 3.30. The summed E-state index contributed by atoms with van der Waals surface area (Å²) >= 11 is 3.50. The van der Waals surface area contributed by atoms with Gasteiger partial charge in [-0.1, -0.05) is 0 Å². The maximum Gasteiger partial charge on any atom is 0.308 e. The van der Waals surface area contributed by atoms with E-state index in [0.717, 1.165) is 15.6 Å². The number of aliphatic carboxylic acids is 1. The van der Waals surface area contributed by atoms with Crippen LogP contribution in [-0.2, 0) is 11.2 Å². The van der Waals surface area contributed by atoms with Crippen molar-refractivity contribution in [2.75, 3.05) is 11.5 Å². The number of carboxylic acid groups (broad SMARTS) is 1. The van der Waals surface area contributed by atoms with Crippen LogP contribution in [-0.4, -0.2) is 27.6 Å². The van der Waals surface area contributed by atoms with Crippen LogP contribution in [0.25, 0.3) is 0 Å². The Kier molecular flexibility index (Phi) is 3.08. The van der Waals surface area contributed by atoms with Crippen molar-refractivity contribution in [3.8, 4) is 0 Å². The second-order valence-corrected chi connectivity index (χ2v) is 5.59. The number of rotatable bonds is 3. The zero-order valence-electron chi connectivity index (χ0n) is 7.60. The van der Waals surface area contributed by atoms with Crippen LogP contribution in [0.15, 0.2) is 6.20 Å². The highest BCUT2D eigenvalue weighted by atomic mass is 32.2. The van der Waals surface area contributed by atoms with Crippen LogP contribution in [0.4, 0.5) is 0 Å². The van der Waals surface area contributed by atoms with Crippen LogP contribution in [0.1, 0.15) is 22.2 Å². The SMILES string of the molecule is O=C(O)Cc1cnc(C2CCSC2)s1. The van der Waals surface area contributed by atoms with Gasteiger partial charge in [-0.05, 0) is 12.2 Å². The Labute approximate surface area is 90.6 Å². The zero-order valence-corrected chi connectivity index (χ0v) is 9.24. The van der Waals surface area contributed by atoms with Gasteiger partial charge in [-0.2, -0.15) is 11.8 Å². The molecule has 2 heterocycles. The van der Waals surface area contributed by atoms with Crippen LogP contribution >= 0.6 is 23.1 Å². The van der Waals surface area contributed by atoms with Crippen molar-refractivity contribution >= 4 is 29.1 Å². The molecule has 0 amide bonds. The Morgan fingerprint density at radius 2 is 2.57 bits per heavy atom. The average Bonchev–Trinajstić information content (AvgIpc) is 2.69. The third-order valence-electron chi connectivity index (χ3n) is 2.18. The molecule has 0 aromatic carbocycles. The van der Waals surface area contributed by atoms with E-state index in [2.05, 4.69) is 4.98 Å². The highest BCUT2D eigenvalue weighted by molar-refractivity contribution is 7.99. The molecule has 2 rings (SSSR count). The molecule has 3 nitrogen and oxygen atoms in total. The number of hydrogen-bond donors (Lipinski definition) is 1. The van der Waals surface area contributed by atoms with Gasteiger partial charge in [0, 0.05) is 22.7 Å². The van der Waals surface area contributed by atoms with E-state index in [-0.39, 0.29) is 6.42 Å². The van der Waals surface area contributed by atoms with Gasteiger partial charge in [0.25, 0.3) is 0 Å². The fraction of sp³-hybridized carbons (Fsp3) is 0.556. The molecule has 1 aliphatic heterocycles. The predicted molar refractivity (Wildman–Crippen MR) is 58.1 cm³/mol. The van der Waals surface area contributed by atoms with Crippen LogP contribution in [0.5, 0.6) is 0 Å². The minimum atomic E-state index is -0.777. The largest absolute Gasteiger partial charge is 0.481 e. The number of thiazole rings is 1. The summed E-state index contributed by atoms with van der Waals surface area (Å²) in [5.41, 5.74) is 0. The zero-order chi connectivity index (χ0) is 9.97. The van der Waals surface area contributed by atoms with E-state index in [1.807, 2.05) is 11.8 Å². The number of nitrogens with zero attached hydrogens (tertiary/aromatic N) is 1. The second kappa shape index (κ2) is 4.31. The number of carboxylic acids is 1. The first-order valence-electron chi connectivity index (χ1n) is 4.50. The van der Waals surface area contributed by atoms with Gasteiger partial charge in [-0.15, -0.1) is 11.3 Å². The quantitative estimate of drug-likeness (QED) is 0.861. The number of hydrogen-bond acceptors (Lipinski definition) is 4. The summed E-state index contributed by atoms with van der Waals surface area (Å²) in [6.07, 6.45) is 3.00. The summed E-state index contributed by atoms with van der Waals surface area (Å²) in [5, 5.41) is 9.73. The van der Waals surface area contributed by atoms with Crippen molar-refractivity contribution in [2.45, 2.75) is 18.8 Å². The first kappa shape index (κ1) is 9.98. The molecule has 1 aliphatic rings. The van der Waals surface area contributed by atoms with E-state index < -0.39 is 5.97 Å². The van der Waals surface area contributed by atoms with Gasteiger partial charge in [0.2, 0.25) is 0 Å². The fourth-order valence-corrected chi connectivity index (χ4v) is 3.85. The van der Waals surface area contributed by atoms with Gasteiger partial charge in [0.05, 0.1) is 11.4 Å². The summed E-state index contributed by atoms with van der Waals surface area (Å²) in [4.78, 5) is 15.6. The van der Waals surface area contributed by atoms with Crippen LogP contribution in [0, 0.1) is 0 Å². The molecule has 1 saturated heterocycles. The Bertz CT molecular complexity index is 331. The smallest absolute Gasteiger partial charge is 0.308 e. The average molecular weight is 229 g/mol. The fourth-order valence-electron chi connectivity index (χ4n) is 1.47. The summed E-state index contributed by atoms with van der Waals surface area (Å²) in [6.45, 7) is 0. The lowest BCUT2D eigenvalue weighted by molar-refractivity contribution is -0.136. The molecule has 5 heteroatoms. The molecule has 0 aliphatic carbocycles. The Hall–Kier alpha value is -0.550. The van der Waals surface area contributed by atoms with E-state index >= 15 is 0 Å². The number of carbonyl (C=O) groups is 1. The van der Waals surface area contributed by atoms with Gasteiger partial charge in [0.15, 0.2) is 0 Å². The third-order valence-corrected chi connectivity index (χ3v) is 4.50. The van der Waals surface area contributed by atoms with Gasteiger partial charge in [0.1, 0.15) is 0 Å². The lowest BCUT2D eigenvalue weighted by Gasteiger charge is -2.00. The molecule has 1 fully saturated rings. The molecule has 1 aromatic heterocycles. The molecule has 0 saturated carbocycles. The normalized spacial score (nSPS) is 21.3. The molecular weight excluding hydrogens is 218 g/mol. The van der Waals surface area contributed by atoms with Crippen molar-refractivity contribution in [1.82, 2.24) is 4.98 Å². The minimum absolute atomic E-state index is 0.109. The highest BCUT2D eigenvalue weighted by Gasteiger charge is 2.20. The van der Waals surface area contributed by atoms with Crippen molar-refractivity contribution in [2.24, 2.45) is 0 Å². The molecule has 76 valence electrons. The van der Waals surface area contributed by atoms with Crippen molar-refractivity contribution in [3.05, 3.63) is 16.1 Å². The van der Waals surface area contributed by atoms with E-state index in [1.54, 1.807) is 17.5 Å². The number of aromatic nitrogens is 1. The van der Waals surface area contributed by atoms with Gasteiger partial charge < -0.3 is 5.11 Å². The summed E-state index contributed by atoms with van der Waals surface area (Å²) < 4.78 is 0.